The van der Waals surface area contributed by atoms with Crippen molar-refractivity contribution in [2.75, 3.05) is 32.5 Å². The van der Waals surface area contributed by atoms with Crippen LogP contribution in [0.25, 0.3) is 0 Å². The fourth-order valence-corrected chi connectivity index (χ4v) is 4.32. The van der Waals surface area contributed by atoms with Crippen molar-refractivity contribution >= 4 is 33.4 Å². The number of piperidine rings is 1. The second-order valence-electron chi connectivity index (χ2n) is 6.60. The smallest absolute Gasteiger partial charge is 0.410 e. The Hall–Kier alpha value is -1.80. The van der Waals surface area contributed by atoms with Gasteiger partial charge in [-0.3, -0.25) is 4.79 Å². The molecule has 0 atom stereocenters. The molecule has 7 nitrogen and oxygen atoms in total. The summed E-state index contributed by atoms with van der Waals surface area (Å²) in [5, 5.41) is 0.125. The molecule has 2 fully saturated rings. The maximum absolute atomic E-state index is 12.7. The summed E-state index contributed by atoms with van der Waals surface area (Å²) in [4.78, 5) is 28.1. The van der Waals surface area contributed by atoms with Crippen LogP contribution in [0.3, 0.4) is 0 Å². The SMILES string of the molecule is CS(=O)(=O)c1ccc(C(=O)N2CCC(N3CCCOC3=O)CC2)c(Cl)c1. The van der Waals surface area contributed by atoms with Gasteiger partial charge in [-0.25, -0.2) is 13.2 Å². The van der Waals surface area contributed by atoms with Gasteiger partial charge in [0, 0.05) is 31.9 Å². The Morgan fingerprint density at radius 3 is 2.50 bits per heavy atom. The highest BCUT2D eigenvalue weighted by Gasteiger charge is 2.32. The number of carbonyl (C=O) groups excluding carboxylic acids is 2. The van der Waals surface area contributed by atoms with E-state index in [-0.39, 0.29) is 33.5 Å². The molecule has 0 N–H and O–H groups in total. The van der Waals surface area contributed by atoms with E-state index < -0.39 is 9.84 Å². The van der Waals surface area contributed by atoms with Gasteiger partial charge in [-0.1, -0.05) is 11.6 Å². The van der Waals surface area contributed by atoms with Crippen LogP contribution in [0.5, 0.6) is 0 Å². The number of nitrogens with zero attached hydrogens (tertiary/aromatic N) is 2. The fraction of sp³-hybridized carbons (Fsp3) is 0.529. The topological polar surface area (TPSA) is 84.0 Å². The number of hydrogen-bond donors (Lipinski definition) is 0. The minimum absolute atomic E-state index is 0.0786. The van der Waals surface area contributed by atoms with Gasteiger partial charge in [0.2, 0.25) is 0 Å². The van der Waals surface area contributed by atoms with Crippen LogP contribution >= 0.6 is 11.6 Å². The maximum Gasteiger partial charge on any atom is 0.410 e. The van der Waals surface area contributed by atoms with Crippen molar-refractivity contribution < 1.29 is 22.7 Å². The summed E-state index contributed by atoms with van der Waals surface area (Å²) in [6, 6.07) is 4.23. The van der Waals surface area contributed by atoms with Gasteiger partial charge in [0.15, 0.2) is 9.84 Å². The van der Waals surface area contributed by atoms with Gasteiger partial charge in [0.05, 0.1) is 22.1 Å². The number of rotatable bonds is 3. The zero-order valence-electron chi connectivity index (χ0n) is 14.5. The van der Waals surface area contributed by atoms with Crippen LogP contribution in [-0.4, -0.2) is 68.8 Å². The van der Waals surface area contributed by atoms with Crippen molar-refractivity contribution in [3.63, 3.8) is 0 Å². The van der Waals surface area contributed by atoms with Crippen LogP contribution < -0.4 is 0 Å². The van der Waals surface area contributed by atoms with Crippen LogP contribution in [0.2, 0.25) is 5.02 Å². The number of amides is 2. The molecule has 0 radical (unpaired) electrons. The molecule has 0 unspecified atom stereocenters. The number of sulfone groups is 1. The summed E-state index contributed by atoms with van der Waals surface area (Å²) in [7, 11) is -3.38. The fourth-order valence-electron chi connectivity index (χ4n) is 3.35. The molecular formula is C17H21ClN2O5S. The van der Waals surface area contributed by atoms with E-state index in [2.05, 4.69) is 0 Å². The first-order chi connectivity index (χ1) is 12.3. The summed E-state index contributed by atoms with van der Waals surface area (Å²) >= 11 is 6.14. The zero-order valence-corrected chi connectivity index (χ0v) is 16.1. The van der Waals surface area contributed by atoms with Crippen molar-refractivity contribution in [2.45, 2.75) is 30.2 Å². The lowest BCUT2D eigenvalue weighted by Gasteiger charge is -2.39. The molecule has 0 spiro atoms. The molecule has 2 aliphatic heterocycles. The molecule has 0 aliphatic carbocycles. The van der Waals surface area contributed by atoms with E-state index in [9.17, 15) is 18.0 Å². The Morgan fingerprint density at radius 2 is 1.92 bits per heavy atom. The van der Waals surface area contributed by atoms with E-state index in [1.807, 2.05) is 0 Å². The van der Waals surface area contributed by atoms with Gasteiger partial charge in [-0.05, 0) is 37.5 Å². The van der Waals surface area contributed by atoms with Gasteiger partial charge in [0.1, 0.15) is 0 Å². The van der Waals surface area contributed by atoms with E-state index >= 15 is 0 Å². The zero-order chi connectivity index (χ0) is 18.9. The van der Waals surface area contributed by atoms with Gasteiger partial charge < -0.3 is 14.5 Å². The number of benzene rings is 1. The third-order valence-corrected chi connectivity index (χ3v) is 6.22. The average Bonchev–Trinajstić information content (AvgIpc) is 2.61. The minimum atomic E-state index is -3.38. The third-order valence-electron chi connectivity index (χ3n) is 4.79. The number of cyclic esters (lactones) is 1. The molecule has 1 aromatic rings. The van der Waals surface area contributed by atoms with E-state index in [1.165, 1.54) is 18.2 Å². The number of ether oxygens (including phenoxy) is 1. The summed E-state index contributed by atoms with van der Waals surface area (Å²) in [6.45, 7) is 2.18. The Bertz CT molecular complexity index is 818. The molecule has 2 amide bonds. The Morgan fingerprint density at radius 1 is 1.23 bits per heavy atom. The third kappa shape index (κ3) is 3.96. The van der Waals surface area contributed by atoms with E-state index in [1.54, 1.807) is 9.80 Å². The van der Waals surface area contributed by atoms with Crippen molar-refractivity contribution in [2.24, 2.45) is 0 Å². The monoisotopic (exact) mass is 400 g/mol. The van der Waals surface area contributed by atoms with Crippen LogP contribution in [0.15, 0.2) is 23.1 Å². The molecule has 142 valence electrons. The molecule has 0 saturated carbocycles. The summed E-state index contributed by atoms with van der Waals surface area (Å²) in [5.41, 5.74) is 0.287. The number of hydrogen-bond acceptors (Lipinski definition) is 5. The van der Waals surface area contributed by atoms with Crippen molar-refractivity contribution in [3.8, 4) is 0 Å². The lowest BCUT2D eigenvalue weighted by atomic mass is 10.0. The Labute approximate surface area is 157 Å². The molecule has 1 aromatic carbocycles. The van der Waals surface area contributed by atoms with Crippen LogP contribution in [0.4, 0.5) is 4.79 Å². The van der Waals surface area contributed by atoms with Crippen LogP contribution in [0.1, 0.15) is 29.6 Å². The molecule has 26 heavy (non-hydrogen) atoms. The van der Waals surface area contributed by atoms with Crippen LogP contribution in [-0.2, 0) is 14.6 Å². The predicted molar refractivity (Wildman–Crippen MR) is 96.2 cm³/mol. The average molecular weight is 401 g/mol. The normalized spacial score (nSPS) is 19.4. The van der Waals surface area contributed by atoms with Gasteiger partial charge in [-0.15, -0.1) is 0 Å². The lowest BCUT2D eigenvalue weighted by molar-refractivity contribution is 0.0357. The van der Waals surface area contributed by atoms with Crippen molar-refractivity contribution in [1.29, 1.82) is 0 Å². The first-order valence-corrected chi connectivity index (χ1v) is 10.8. The number of halogens is 1. The quantitative estimate of drug-likeness (QED) is 0.776. The van der Waals surface area contributed by atoms with Crippen molar-refractivity contribution in [1.82, 2.24) is 9.80 Å². The van der Waals surface area contributed by atoms with Gasteiger partial charge in [-0.2, -0.15) is 0 Å². The van der Waals surface area contributed by atoms with E-state index in [0.717, 1.165) is 12.7 Å². The molecule has 3 rings (SSSR count). The Balaban J connectivity index is 1.66. The second-order valence-corrected chi connectivity index (χ2v) is 9.02. The Kier molecular flexibility index (Phi) is 5.43. The molecule has 2 saturated heterocycles. The predicted octanol–water partition coefficient (Wildman–Crippen LogP) is 2.19. The maximum atomic E-state index is 12.7. The second kappa shape index (κ2) is 7.44. The molecule has 9 heteroatoms. The number of carbonyl (C=O) groups is 2. The molecule has 0 aromatic heterocycles. The molecular weight excluding hydrogens is 380 g/mol. The first-order valence-electron chi connectivity index (χ1n) is 8.49. The number of likely N-dealkylation sites (tertiary alicyclic amines) is 1. The highest BCUT2D eigenvalue weighted by atomic mass is 35.5. The van der Waals surface area contributed by atoms with Crippen molar-refractivity contribution in [3.05, 3.63) is 28.8 Å². The van der Waals surface area contributed by atoms with Crippen LogP contribution in [0, 0.1) is 0 Å². The largest absolute Gasteiger partial charge is 0.449 e. The standard InChI is InChI=1S/C17H21ClN2O5S/c1-26(23,24)13-3-4-14(15(18)11-13)16(21)19-8-5-12(6-9-19)20-7-2-10-25-17(20)22/h3-4,11-12H,2,5-10H2,1H3. The summed E-state index contributed by atoms with van der Waals surface area (Å²) in [6.07, 6.45) is 3.00. The van der Waals surface area contributed by atoms with Gasteiger partial charge in [0.25, 0.3) is 5.91 Å². The van der Waals surface area contributed by atoms with E-state index in [0.29, 0.717) is 39.1 Å². The lowest BCUT2D eigenvalue weighted by Crippen LogP contribution is -2.50. The van der Waals surface area contributed by atoms with E-state index in [4.69, 9.17) is 16.3 Å². The molecule has 0 bridgehead atoms. The highest BCUT2D eigenvalue weighted by molar-refractivity contribution is 7.90. The first kappa shape index (κ1) is 19.0. The molecule has 2 heterocycles. The molecule has 2 aliphatic rings. The van der Waals surface area contributed by atoms with Gasteiger partial charge >= 0.3 is 6.09 Å². The minimum Gasteiger partial charge on any atom is -0.449 e. The summed E-state index contributed by atoms with van der Waals surface area (Å²) < 4.78 is 28.3. The summed E-state index contributed by atoms with van der Waals surface area (Å²) in [5.74, 6) is -0.227. The highest BCUT2D eigenvalue weighted by Crippen LogP contribution is 2.25.